The maximum atomic E-state index is 12.7. The summed E-state index contributed by atoms with van der Waals surface area (Å²) in [5.41, 5.74) is 0. The zero-order valence-electron chi connectivity index (χ0n) is 39.2. The Labute approximate surface area is 370 Å². The van der Waals surface area contributed by atoms with E-state index in [4.69, 9.17) is 14.2 Å². The van der Waals surface area contributed by atoms with Gasteiger partial charge in [-0.05, 0) is 70.6 Å². The van der Waals surface area contributed by atoms with Crippen LogP contribution in [0.3, 0.4) is 0 Å². The standard InChI is InChI=1S/C54H92O6/c1-4-7-10-13-16-19-21-22-23-24-25-26-27-28-29-30-31-32-33-36-38-41-44-47-53(56)59-50-51(49-58-52(55)46-43-40-37-34-18-15-12-9-6-3)60-54(57)48-45-42-39-35-20-17-14-11-8-5-2/h7,10,16,19,22-23,25-26,28-29,31-32,51H,4-6,8-9,11-15,17-18,20-21,24,27,30,33-50H2,1-3H3/b10-7-,19-16-,23-22-,26-25-,29-28-,32-31-. The third kappa shape index (κ3) is 45.9. The Morgan fingerprint density at radius 3 is 1.02 bits per heavy atom. The number of unbranched alkanes of at least 4 members (excludes halogenated alkanes) is 21. The molecular weight excluding hydrogens is 745 g/mol. The van der Waals surface area contributed by atoms with Crippen molar-refractivity contribution in [2.45, 2.75) is 239 Å². The molecule has 60 heavy (non-hydrogen) atoms. The van der Waals surface area contributed by atoms with E-state index in [0.717, 1.165) is 109 Å². The number of esters is 3. The molecule has 1 atom stereocenters. The van der Waals surface area contributed by atoms with Gasteiger partial charge in [0.2, 0.25) is 0 Å². The Morgan fingerprint density at radius 2 is 0.650 bits per heavy atom. The molecule has 0 saturated heterocycles. The van der Waals surface area contributed by atoms with Crippen molar-refractivity contribution >= 4 is 17.9 Å². The highest BCUT2D eigenvalue weighted by molar-refractivity contribution is 5.71. The van der Waals surface area contributed by atoms with Crippen molar-refractivity contribution in [2.75, 3.05) is 13.2 Å². The summed E-state index contributed by atoms with van der Waals surface area (Å²) >= 11 is 0. The zero-order chi connectivity index (χ0) is 43.7. The maximum absolute atomic E-state index is 12.7. The lowest BCUT2D eigenvalue weighted by molar-refractivity contribution is -0.167. The summed E-state index contributed by atoms with van der Waals surface area (Å²) < 4.78 is 16.7. The van der Waals surface area contributed by atoms with Crippen LogP contribution >= 0.6 is 0 Å². The van der Waals surface area contributed by atoms with Gasteiger partial charge in [0.1, 0.15) is 13.2 Å². The monoisotopic (exact) mass is 837 g/mol. The van der Waals surface area contributed by atoms with Crippen LogP contribution in [-0.4, -0.2) is 37.2 Å². The van der Waals surface area contributed by atoms with Gasteiger partial charge in [-0.3, -0.25) is 14.4 Å². The Balaban J connectivity index is 4.30. The number of hydrogen-bond donors (Lipinski definition) is 0. The fourth-order valence-corrected chi connectivity index (χ4v) is 6.74. The number of hydrogen-bond acceptors (Lipinski definition) is 6. The van der Waals surface area contributed by atoms with Crippen LogP contribution in [0.2, 0.25) is 0 Å². The molecule has 0 aromatic carbocycles. The van der Waals surface area contributed by atoms with Crippen LogP contribution in [0.5, 0.6) is 0 Å². The van der Waals surface area contributed by atoms with Crippen molar-refractivity contribution in [1.82, 2.24) is 0 Å². The highest BCUT2D eigenvalue weighted by Gasteiger charge is 2.19. The summed E-state index contributed by atoms with van der Waals surface area (Å²) in [7, 11) is 0. The van der Waals surface area contributed by atoms with E-state index in [-0.39, 0.29) is 31.1 Å². The normalized spacial score (nSPS) is 12.7. The first-order valence-electron chi connectivity index (χ1n) is 24.9. The lowest BCUT2D eigenvalue weighted by atomic mass is 10.1. The second-order valence-electron chi connectivity index (χ2n) is 16.4. The summed E-state index contributed by atoms with van der Waals surface area (Å²) in [4.78, 5) is 37.7. The van der Waals surface area contributed by atoms with Crippen molar-refractivity contribution < 1.29 is 28.6 Å². The molecule has 0 rings (SSSR count). The lowest BCUT2D eigenvalue weighted by Gasteiger charge is -2.18. The summed E-state index contributed by atoms with van der Waals surface area (Å²) in [5, 5.41) is 0. The van der Waals surface area contributed by atoms with Crippen molar-refractivity contribution in [3.05, 3.63) is 72.9 Å². The van der Waals surface area contributed by atoms with E-state index >= 15 is 0 Å². The highest BCUT2D eigenvalue weighted by Crippen LogP contribution is 2.14. The molecule has 0 saturated carbocycles. The molecule has 0 aromatic heterocycles. The molecule has 0 aliphatic heterocycles. The molecule has 0 aliphatic rings. The van der Waals surface area contributed by atoms with Crippen LogP contribution in [0.25, 0.3) is 0 Å². The first-order chi connectivity index (χ1) is 29.5. The molecule has 6 nitrogen and oxygen atoms in total. The molecule has 0 heterocycles. The predicted molar refractivity (Wildman–Crippen MR) is 256 cm³/mol. The molecule has 1 unspecified atom stereocenters. The van der Waals surface area contributed by atoms with Crippen molar-refractivity contribution in [1.29, 1.82) is 0 Å². The SMILES string of the molecule is CC/C=C\C/C=C\C/C=C\C/C=C\C/C=C\C/C=C\CCCCCCC(=O)OCC(COC(=O)CCCCCCCCCCC)OC(=O)CCCCCCCCCCCC. The van der Waals surface area contributed by atoms with Crippen LogP contribution in [0.15, 0.2) is 72.9 Å². The van der Waals surface area contributed by atoms with E-state index < -0.39 is 6.10 Å². The molecule has 0 fully saturated rings. The Hall–Kier alpha value is -3.15. The molecule has 0 bridgehead atoms. The quantitative estimate of drug-likeness (QED) is 0.0263. The van der Waals surface area contributed by atoms with E-state index in [0.29, 0.717) is 19.3 Å². The van der Waals surface area contributed by atoms with Gasteiger partial charge in [0, 0.05) is 19.3 Å². The van der Waals surface area contributed by atoms with Gasteiger partial charge < -0.3 is 14.2 Å². The average molecular weight is 837 g/mol. The van der Waals surface area contributed by atoms with Gasteiger partial charge in [0.15, 0.2) is 6.10 Å². The molecule has 0 aromatic rings. The second-order valence-corrected chi connectivity index (χ2v) is 16.4. The summed E-state index contributed by atoms with van der Waals surface area (Å²) in [6, 6.07) is 0. The molecular formula is C54H92O6. The minimum Gasteiger partial charge on any atom is -0.462 e. The topological polar surface area (TPSA) is 78.9 Å². The molecule has 0 aliphatic carbocycles. The van der Waals surface area contributed by atoms with Gasteiger partial charge in [-0.1, -0.05) is 216 Å². The Kier molecular flexibility index (Phi) is 46.0. The average Bonchev–Trinajstić information content (AvgIpc) is 3.24. The largest absolute Gasteiger partial charge is 0.462 e. The molecule has 0 amide bonds. The van der Waals surface area contributed by atoms with E-state index in [1.54, 1.807) is 0 Å². The number of carbonyl (C=O) groups is 3. The van der Waals surface area contributed by atoms with Crippen LogP contribution in [0.4, 0.5) is 0 Å². The summed E-state index contributed by atoms with van der Waals surface area (Å²) in [6.45, 7) is 6.46. The number of ether oxygens (including phenoxy) is 3. The van der Waals surface area contributed by atoms with E-state index in [1.807, 2.05) is 0 Å². The van der Waals surface area contributed by atoms with Gasteiger partial charge in [0.25, 0.3) is 0 Å². The van der Waals surface area contributed by atoms with Gasteiger partial charge in [-0.2, -0.15) is 0 Å². The fourth-order valence-electron chi connectivity index (χ4n) is 6.74. The van der Waals surface area contributed by atoms with E-state index in [1.165, 1.54) is 83.5 Å². The van der Waals surface area contributed by atoms with Crippen LogP contribution in [-0.2, 0) is 28.6 Å². The van der Waals surface area contributed by atoms with Crippen molar-refractivity contribution in [3.63, 3.8) is 0 Å². The van der Waals surface area contributed by atoms with Gasteiger partial charge in [-0.15, -0.1) is 0 Å². The molecule has 6 heteroatoms. The van der Waals surface area contributed by atoms with E-state index in [9.17, 15) is 14.4 Å². The van der Waals surface area contributed by atoms with Gasteiger partial charge in [0.05, 0.1) is 0 Å². The molecule has 344 valence electrons. The number of carbonyl (C=O) groups excluding carboxylic acids is 3. The minimum atomic E-state index is -0.780. The maximum Gasteiger partial charge on any atom is 0.306 e. The van der Waals surface area contributed by atoms with Gasteiger partial charge in [-0.25, -0.2) is 0 Å². The first kappa shape index (κ1) is 56.9. The van der Waals surface area contributed by atoms with Gasteiger partial charge >= 0.3 is 17.9 Å². The lowest BCUT2D eigenvalue weighted by Crippen LogP contribution is -2.30. The number of rotatable bonds is 44. The first-order valence-corrected chi connectivity index (χ1v) is 24.9. The number of allylic oxidation sites excluding steroid dienone is 12. The predicted octanol–water partition coefficient (Wildman–Crippen LogP) is 16.3. The molecule has 0 N–H and O–H groups in total. The van der Waals surface area contributed by atoms with Crippen LogP contribution in [0, 0.1) is 0 Å². The fraction of sp³-hybridized carbons (Fsp3) is 0.722. The molecule has 0 spiro atoms. The molecule has 0 radical (unpaired) electrons. The Morgan fingerprint density at radius 1 is 0.350 bits per heavy atom. The van der Waals surface area contributed by atoms with Crippen molar-refractivity contribution in [3.8, 4) is 0 Å². The summed E-state index contributed by atoms with van der Waals surface area (Å²) in [5.74, 6) is -0.912. The third-order valence-electron chi connectivity index (χ3n) is 10.5. The summed E-state index contributed by atoms with van der Waals surface area (Å²) in [6.07, 6.45) is 60.3. The smallest absolute Gasteiger partial charge is 0.306 e. The third-order valence-corrected chi connectivity index (χ3v) is 10.5. The van der Waals surface area contributed by atoms with Crippen LogP contribution < -0.4 is 0 Å². The van der Waals surface area contributed by atoms with Crippen LogP contribution in [0.1, 0.15) is 233 Å². The van der Waals surface area contributed by atoms with E-state index in [2.05, 4.69) is 93.7 Å². The highest BCUT2D eigenvalue weighted by atomic mass is 16.6. The second kappa shape index (κ2) is 48.5. The Bertz CT molecular complexity index is 1140. The zero-order valence-corrected chi connectivity index (χ0v) is 39.2. The minimum absolute atomic E-state index is 0.0814. The van der Waals surface area contributed by atoms with Crippen molar-refractivity contribution in [2.24, 2.45) is 0 Å².